The van der Waals surface area contributed by atoms with Crippen LogP contribution in [0.2, 0.25) is 0 Å². The fourth-order valence-corrected chi connectivity index (χ4v) is 2.66. The monoisotopic (exact) mass is 262 g/mol. The van der Waals surface area contributed by atoms with E-state index in [2.05, 4.69) is 48.3 Å². The molecule has 100 valence electrons. The molecule has 0 fully saturated rings. The molecule has 2 nitrogen and oxygen atoms in total. The number of para-hydroxylation sites is 2. The van der Waals surface area contributed by atoms with Gasteiger partial charge in [-0.25, -0.2) is 4.98 Å². The maximum Gasteiger partial charge on any atom is 0.0968 e. The molecule has 0 aliphatic heterocycles. The maximum atomic E-state index is 4.80. The topological polar surface area (TPSA) is 28.7 Å². The summed E-state index contributed by atoms with van der Waals surface area (Å²) in [6, 6.07) is 16.6. The lowest BCUT2D eigenvalue weighted by Gasteiger charge is -2.02. The van der Waals surface area contributed by atoms with Crippen molar-refractivity contribution >= 4 is 32.8 Å². The Bertz CT molecular complexity index is 888. The number of nitrogens with zero attached hydrogens (tertiary/aromatic N) is 1. The fourth-order valence-electron chi connectivity index (χ4n) is 2.66. The van der Waals surface area contributed by atoms with Gasteiger partial charge in [0.1, 0.15) is 0 Å². The van der Waals surface area contributed by atoms with E-state index in [0.717, 1.165) is 22.1 Å². The predicted octanol–water partition coefficient (Wildman–Crippen LogP) is 5.20. The summed E-state index contributed by atoms with van der Waals surface area (Å²) < 4.78 is 0. The first-order chi connectivity index (χ1) is 9.84. The highest BCUT2D eigenvalue weighted by Crippen LogP contribution is 2.29. The molecule has 0 amide bonds. The third-order valence-corrected chi connectivity index (χ3v) is 3.59. The first kappa shape index (κ1) is 12.7. The van der Waals surface area contributed by atoms with Gasteiger partial charge in [0, 0.05) is 16.3 Å². The fraction of sp³-hybridized carbons (Fsp3) is 0.167. The van der Waals surface area contributed by atoms with Gasteiger partial charge >= 0.3 is 0 Å². The smallest absolute Gasteiger partial charge is 0.0968 e. The molecule has 0 radical (unpaired) electrons. The van der Waals surface area contributed by atoms with Gasteiger partial charge in [-0.05, 0) is 24.6 Å². The Morgan fingerprint density at radius 1 is 0.850 bits per heavy atom. The molecule has 0 aliphatic rings. The molecule has 0 atom stereocenters. The molecule has 1 N–H and O–H groups in total. The molecule has 2 aromatic carbocycles. The highest BCUT2D eigenvalue weighted by atomic mass is 14.8. The molecular weight excluding hydrogens is 244 g/mol. The van der Waals surface area contributed by atoms with Crippen molar-refractivity contribution in [3.63, 3.8) is 0 Å². The molecule has 0 bridgehead atoms. The highest BCUT2D eigenvalue weighted by Gasteiger charge is 2.10. The molecule has 0 unspecified atom stereocenters. The summed E-state index contributed by atoms with van der Waals surface area (Å²) in [6.45, 7) is 6.15. The summed E-state index contributed by atoms with van der Waals surface area (Å²) in [5, 5.41) is 2.41. The average Bonchev–Trinajstić information content (AvgIpc) is 2.89. The lowest BCUT2D eigenvalue weighted by molar-refractivity contribution is 1.43. The van der Waals surface area contributed by atoms with Crippen LogP contribution in [-0.4, -0.2) is 9.97 Å². The summed E-state index contributed by atoms with van der Waals surface area (Å²) in [7, 11) is 0. The van der Waals surface area contributed by atoms with Crippen molar-refractivity contribution in [1.29, 1.82) is 0 Å². The van der Waals surface area contributed by atoms with Crippen LogP contribution in [0.1, 0.15) is 19.4 Å². The molecule has 0 aliphatic carbocycles. The molecule has 2 aromatic heterocycles. The normalized spacial score (nSPS) is 10.8. The van der Waals surface area contributed by atoms with Crippen LogP contribution in [0.25, 0.3) is 32.8 Å². The number of aromatic nitrogens is 2. The summed E-state index contributed by atoms with van der Waals surface area (Å²) in [5.74, 6) is 0. The Kier molecular flexibility index (Phi) is 3.15. The molecule has 4 rings (SSSR count). The average molecular weight is 262 g/mol. The molecule has 0 saturated heterocycles. The van der Waals surface area contributed by atoms with Crippen LogP contribution in [0.4, 0.5) is 0 Å². The van der Waals surface area contributed by atoms with E-state index in [1.165, 1.54) is 16.3 Å². The molecule has 4 aromatic rings. The van der Waals surface area contributed by atoms with Crippen LogP contribution in [0.3, 0.4) is 0 Å². The van der Waals surface area contributed by atoms with E-state index < -0.39 is 0 Å². The number of fused-ring (bicyclic) bond motifs is 4. The van der Waals surface area contributed by atoms with Gasteiger partial charge in [-0.1, -0.05) is 50.2 Å². The van der Waals surface area contributed by atoms with Crippen molar-refractivity contribution < 1.29 is 0 Å². The van der Waals surface area contributed by atoms with Crippen molar-refractivity contribution in [3.8, 4) is 0 Å². The van der Waals surface area contributed by atoms with Gasteiger partial charge in [0.2, 0.25) is 0 Å². The number of nitrogens with one attached hydrogen (secondary N) is 1. The number of aromatic amines is 1. The Morgan fingerprint density at radius 2 is 1.50 bits per heavy atom. The van der Waals surface area contributed by atoms with Crippen LogP contribution in [0.5, 0.6) is 0 Å². The van der Waals surface area contributed by atoms with Gasteiger partial charge in [-0.15, -0.1) is 0 Å². The Labute approximate surface area is 118 Å². The molecular formula is C18H18N2. The Balaban J connectivity index is 0.000000581. The second kappa shape index (κ2) is 4.97. The third-order valence-electron chi connectivity index (χ3n) is 3.59. The van der Waals surface area contributed by atoms with Crippen molar-refractivity contribution in [2.45, 2.75) is 20.8 Å². The highest BCUT2D eigenvalue weighted by molar-refractivity contribution is 6.09. The van der Waals surface area contributed by atoms with E-state index in [9.17, 15) is 0 Å². The summed E-state index contributed by atoms with van der Waals surface area (Å²) in [5.41, 5.74) is 5.70. The van der Waals surface area contributed by atoms with Gasteiger partial charge in [0.05, 0.1) is 16.6 Å². The standard InChI is InChI=1S/C16H12N2.C2H6/c1-10-11-6-2-4-8-13(11)18-16-12-7-3-5-9-14(12)17-15(10)16;1-2/h2-9,17H,1H3;1-2H3. The number of benzene rings is 2. The molecule has 2 heteroatoms. The molecule has 0 spiro atoms. The van der Waals surface area contributed by atoms with Gasteiger partial charge in [0.15, 0.2) is 0 Å². The Hall–Kier alpha value is -2.35. The zero-order valence-corrected chi connectivity index (χ0v) is 12.1. The predicted molar refractivity (Wildman–Crippen MR) is 87.2 cm³/mol. The lowest BCUT2D eigenvalue weighted by atomic mass is 10.1. The van der Waals surface area contributed by atoms with Crippen molar-refractivity contribution in [3.05, 3.63) is 54.1 Å². The quantitative estimate of drug-likeness (QED) is 0.463. The number of H-pyrrole nitrogens is 1. The number of hydrogen-bond donors (Lipinski definition) is 1. The number of rotatable bonds is 0. The minimum Gasteiger partial charge on any atom is -0.353 e. The molecule has 20 heavy (non-hydrogen) atoms. The summed E-state index contributed by atoms with van der Waals surface area (Å²) >= 11 is 0. The van der Waals surface area contributed by atoms with Crippen molar-refractivity contribution in [1.82, 2.24) is 9.97 Å². The largest absolute Gasteiger partial charge is 0.353 e. The number of pyridine rings is 1. The van der Waals surface area contributed by atoms with E-state index in [4.69, 9.17) is 4.98 Å². The SMILES string of the molecule is CC.Cc1c2ccccc2nc2c1[nH]c1ccccc12. The number of aryl methyl sites for hydroxylation is 1. The first-order valence-electron chi connectivity index (χ1n) is 7.10. The van der Waals surface area contributed by atoms with Gasteiger partial charge in [-0.2, -0.15) is 0 Å². The second-order valence-corrected chi connectivity index (χ2v) is 4.65. The van der Waals surface area contributed by atoms with E-state index in [1.807, 2.05) is 26.0 Å². The van der Waals surface area contributed by atoms with Gasteiger partial charge in [-0.3, -0.25) is 0 Å². The van der Waals surface area contributed by atoms with Crippen molar-refractivity contribution in [2.24, 2.45) is 0 Å². The van der Waals surface area contributed by atoms with E-state index in [-0.39, 0.29) is 0 Å². The summed E-state index contributed by atoms with van der Waals surface area (Å²) in [4.78, 5) is 8.27. The third kappa shape index (κ3) is 1.76. The minimum atomic E-state index is 1.06. The van der Waals surface area contributed by atoms with Gasteiger partial charge < -0.3 is 4.98 Å². The van der Waals surface area contributed by atoms with Crippen molar-refractivity contribution in [2.75, 3.05) is 0 Å². The molecule has 0 saturated carbocycles. The lowest BCUT2D eigenvalue weighted by Crippen LogP contribution is -1.85. The number of hydrogen-bond acceptors (Lipinski definition) is 1. The molecule has 2 heterocycles. The minimum absolute atomic E-state index is 1.06. The van der Waals surface area contributed by atoms with Crippen LogP contribution < -0.4 is 0 Å². The van der Waals surface area contributed by atoms with Crippen LogP contribution in [0, 0.1) is 6.92 Å². The van der Waals surface area contributed by atoms with E-state index in [1.54, 1.807) is 0 Å². The van der Waals surface area contributed by atoms with Crippen LogP contribution >= 0.6 is 0 Å². The first-order valence-corrected chi connectivity index (χ1v) is 7.10. The van der Waals surface area contributed by atoms with Crippen LogP contribution in [0.15, 0.2) is 48.5 Å². The van der Waals surface area contributed by atoms with E-state index >= 15 is 0 Å². The van der Waals surface area contributed by atoms with E-state index in [0.29, 0.717) is 0 Å². The zero-order chi connectivity index (χ0) is 14.1. The van der Waals surface area contributed by atoms with Crippen LogP contribution in [-0.2, 0) is 0 Å². The summed E-state index contributed by atoms with van der Waals surface area (Å²) in [6.07, 6.45) is 0. The second-order valence-electron chi connectivity index (χ2n) is 4.65. The Morgan fingerprint density at radius 3 is 2.30 bits per heavy atom. The zero-order valence-electron chi connectivity index (χ0n) is 12.1. The van der Waals surface area contributed by atoms with Gasteiger partial charge in [0.25, 0.3) is 0 Å². The maximum absolute atomic E-state index is 4.80.